The number of halogens is 2. The standard InChI is InChI=1S/C30H35ClFN3O4/c1-6-30(7-2,29(37)38)34-28(36)24-16-14-21(20-12-9-8-11-19(20)3)26(33-24)22-13-15-23(31)27(25(22)32)39-18-10-17-35(4)5/h8-9,11-16H,6-7,10,17-18H2,1-5H3,(H,34,36)(H,37,38). The van der Waals surface area contributed by atoms with E-state index >= 15 is 4.39 Å². The molecule has 0 bridgehead atoms. The molecular weight excluding hydrogens is 521 g/mol. The Balaban J connectivity index is 2.13. The zero-order valence-electron chi connectivity index (χ0n) is 23.0. The van der Waals surface area contributed by atoms with E-state index in [1.807, 2.05) is 50.2 Å². The molecule has 2 N–H and O–H groups in total. The monoisotopic (exact) mass is 555 g/mol. The molecule has 1 aromatic heterocycles. The minimum atomic E-state index is -1.44. The number of carbonyl (C=O) groups is 2. The van der Waals surface area contributed by atoms with Crippen LogP contribution in [0.2, 0.25) is 5.02 Å². The molecule has 0 fully saturated rings. The molecule has 1 amide bonds. The number of hydrogen-bond donors (Lipinski definition) is 2. The van der Waals surface area contributed by atoms with E-state index in [2.05, 4.69) is 10.3 Å². The van der Waals surface area contributed by atoms with Gasteiger partial charge in [0.15, 0.2) is 11.6 Å². The number of pyridine rings is 1. The molecule has 0 spiro atoms. The van der Waals surface area contributed by atoms with Crippen LogP contribution in [0, 0.1) is 12.7 Å². The summed E-state index contributed by atoms with van der Waals surface area (Å²) in [5.74, 6) is -2.55. The maximum absolute atomic E-state index is 16.0. The molecule has 7 nitrogen and oxygen atoms in total. The second-order valence-electron chi connectivity index (χ2n) is 9.70. The minimum Gasteiger partial charge on any atom is -0.489 e. The maximum Gasteiger partial charge on any atom is 0.329 e. The molecule has 0 aliphatic rings. The van der Waals surface area contributed by atoms with Crippen molar-refractivity contribution in [1.29, 1.82) is 0 Å². The van der Waals surface area contributed by atoms with Crippen LogP contribution in [0.5, 0.6) is 5.75 Å². The molecule has 0 aliphatic carbocycles. The summed E-state index contributed by atoms with van der Waals surface area (Å²) in [5.41, 5.74) is 1.24. The first-order valence-corrected chi connectivity index (χ1v) is 13.3. The molecule has 2 aromatic carbocycles. The average molecular weight is 556 g/mol. The maximum atomic E-state index is 16.0. The van der Waals surface area contributed by atoms with Gasteiger partial charge in [-0.05, 0) is 75.7 Å². The van der Waals surface area contributed by atoms with Crippen molar-refractivity contribution in [2.45, 2.75) is 45.6 Å². The molecule has 9 heteroatoms. The van der Waals surface area contributed by atoms with Crippen LogP contribution in [-0.4, -0.2) is 59.7 Å². The second kappa shape index (κ2) is 13.0. The van der Waals surface area contributed by atoms with Crippen molar-refractivity contribution >= 4 is 23.5 Å². The molecule has 0 aliphatic heterocycles. The molecule has 3 rings (SSSR count). The number of carboxylic acids is 1. The van der Waals surface area contributed by atoms with Gasteiger partial charge < -0.3 is 20.1 Å². The third-order valence-corrected chi connectivity index (χ3v) is 7.13. The predicted molar refractivity (Wildman–Crippen MR) is 152 cm³/mol. The number of aryl methyl sites for hydroxylation is 1. The van der Waals surface area contributed by atoms with Crippen LogP contribution in [0.4, 0.5) is 4.39 Å². The number of aromatic nitrogens is 1. The van der Waals surface area contributed by atoms with Gasteiger partial charge in [-0.3, -0.25) is 4.79 Å². The third kappa shape index (κ3) is 6.75. The fourth-order valence-corrected chi connectivity index (χ4v) is 4.55. The van der Waals surface area contributed by atoms with Gasteiger partial charge in [0.25, 0.3) is 5.91 Å². The minimum absolute atomic E-state index is 0.0299. The normalized spacial score (nSPS) is 11.5. The molecular formula is C30H35ClFN3O4. The van der Waals surface area contributed by atoms with Crippen LogP contribution in [0.15, 0.2) is 48.5 Å². The first kappa shape index (κ1) is 30.1. The smallest absolute Gasteiger partial charge is 0.329 e. The van der Waals surface area contributed by atoms with Crippen LogP contribution in [0.3, 0.4) is 0 Å². The summed E-state index contributed by atoms with van der Waals surface area (Å²) in [7, 11) is 3.88. The van der Waals surface area contributed by atoms with Gasteiger partial charge in [0.05, 0.1) is 17.3 Å². The van der Waals surface area contributed by atoms with Crippen molar-refractivity contribution < 1.29 is 23.8 Å². The number of nitrogens with one attached hydrogen (secondary N) is 1. The Labute approximate surface area is 234 Å². The second-order valence-corrected chi connectivity index (χ2v) is 10.1. The van der Waals surface area contributed by atoms with Gasteiger partial charge >= 0.3 is 5.97 Å². The highest BCUT2D eigenvalue weighted by Gasteiger charge is 2.37. The van der Waals surface area contributed by atoms with Gasteiger partial charge in [0.2, 0.25) is 0 Å². The Morgan fingerprint density at radius 2 is 1.72 bits per heavy atom. The van der Waals surface area contributed by atoms with Crippen LogP contribution in [0.1, 0.15) is 49.2 Å². The summed E-state index contributed by atoms with van der Waals surface area (Å²) < 4.78 is 21.7. The Morgan fingerprint density at radius 1 is 1.05 bits per heavy atom. The van der Waals surface area contributed by atoms with Crippen molar-refractivity contribution in [3.63, 3.8) is 0 Å². The lowest BCUT2D eigenvalue weighted by molar-refractivity contribution is -0.144. The molecule has 0 radical (unpaired) electrons. The van der Waals surface area contributed by atoms with Gasteiger partial charge in [0, 0.05) is 17.7 Å². The lowest BCUT2D eigenvalue weighted by Crippen LogP contribution is -2.53. The number of ether oxygens (including phenoxy) is 1. The molecule has 0 unspecified atom stereocenters. The Bertz CT molecular complexity index is 1340. The van der Waals surface area contributed by atoms with E-state index in [0.717, 1.165) is 17.7 Å². The number of carboxylic acid groups (broad SMARTS) is 1. The lowest BCUT2D eigenvalue weighted by Gasteiger charge is -2.28. The van der Waals surface area contributed by atoms with Gasteiger partial charge in [-0.1, -0.05) is 49.7 Å². The number of nitrogens with zero attached hydrogens (tertiary/aromatic N) is 2. The summed E-state index contributed by atoms with van der Waals surface area (Å²) in [6.07, 6.45) is 1.06. The van der Waals surface area contributed by atoms with E-state index in [1.165, 1.54) is 12.1 Å². The molecule has 0 saturated heterocycles. The summed E-state index contributed by atoms with van der Waals surface area (Å²) in [6, 6.07) is 13.9. The highest BCUT2D eigenvalue weighted by Crippen LogP contribution is 2.39. The molecule has 3 aromatic rings. The first-order valence-electron chi connectivity index (χ1n) is 12.9. The van der Waals surface area contributed by atoms with Gasteiger partial charge in [-0.2, -0.15) is 0 Å². The van der Waals surface area contributed by atoms with Gasteiger partial charge in [-0.15, -0.1) is 0 Å². The van der Waals surface area contributed by atoms with Crippen molar-refractivity contribution in [2.75, 3.05) is 27.2 Å². The number of hydrogen-bond acceptors (Lipinski definition) is 5. The Morgan fingerprint density at radius 3 is 2.33 bits per heavy atom. The van der Waals surface area contributed by atoms with Crippen LogP contribution in [-0.2, 0) is 4.79 Å². The van der Waals surface area contributed by atoms with E-state index in [4.69, 9.17) is 16.3 Å². The van der Waals surface area contributed by atoms with Crippen molar-refractivity contribution in [2.24, 2.45) is 0 Å². The first-order chi connectivity index (χ1) is 18.5. The number of aliphatic carboxylic acids is 1. The largest absolute Gasteiger partial charge is 0.489 e. The average Bonchev–Trinajstić information content (AvgIpc) is 2.91. The molecule has 208 valence electrons. The van der Waals surface area contributed by atoms with Crippen molar-refractivity contribution in [3.05, 3.63) is 70.6 Å². The Kier molecular flexibility index (Phi) is 10.1. The highest BCUT2D eigenvalue weighted by molar-refractivity contribution is 6.32. The molecule has 0 atom stereocenters. The van der Waals surface area contributed by atoms with Crippen LogP contribution < -0.4 is 10.1 Å². The number of rotatable bonds is 12. The summed E-state index contributed by atoms with van der Waals surface area (Å²) in [4.78, 5) is 31.8. The lowest BCUT2D eigenvalue weighted by atomic mass is 9.92. The van der Waals surface area contributed by atoms with Crippen molar-refractivity contribution in [1.82, 2.24) is 15.2 Å². The highest BCUT2D eigenvalue weighted by atomic mass is 35.5. The number of benzene rings is 2. The van der Waals surface area contributed by atoms with E-state index in [9.17, 15) is 14.7 Å². The van der Waals surface area contributed by atoms with E-state index in [0.29, 0.717) is 12.0 Å². The third-order valence-electron chi connectivity index (χ3n) is 6.83. The summed E-state index contributed by atoms with van der Waals surface area (Å²) in [5, 5.41) is 12.5. The fraction of sp³-hybridized carbons (Fsp3) is 0.367. The van der Waals surface area contributed by atoms with Gasteiger partial charge in [-0.25, -0.2) is 14.2 Å². The van der Waals surface area contributed by atoms with Crippen LogP contribution >= 0.6 is 11.6 Å². The number of amides is 1. The van der Waals surface area contributed by atoms with Crippen LogP contribution in [0.25, 0.3) is 22.4 Å². The van der Waals surface area contributed by atoms with E-state index in [-0.39, 0.29) is 47.2 Å². The number of carbonyl (C=O) groups excluding carboxylic acids is 1. The van der Waals surface area contributed by atoms with Crippen molar-refractivity contribution in [3.8, 4) is 28.1 Å². The SMILES string of the molecule is CCC(CC)(NC(=O)c1ccc(-c2ccccc2C)c(-c2ccc(Cl)c(OCCCN(C)C)c2F)n1)C(=O)O. The van der Waals surface area contributed by atoms with E-state index < -0.39 is 23.2 Å². The topological polar surface area (TPSA) is 91.8 Å². The molecule has 0 saturated carbocycles. The zero-order chi connectivity index (χ0) is 28.7. The quantitative estimate of drug-likeness (QED) is 0.258. The summed E-state index contributed by atoms with van der Waals surface area (Å²) >= 11 is 6.31. The zero-order valence-corrected chi connectivity index (χ0v) is 23.7. The summed E-state index contributed by atoms with van der Waals surface area (Å²) in [6.45, 7) is 6.36. The molecule has 39 heavy (non-hydrogen) atoms. The molecule has 1 heterocycles. The fourth-order valence-electron chi connectivity index (χ4n) is 4.35. The Hall–Kier alpha value is -3.49. The van der Waals surface area contributed by atoms with Gasteiger partial charge in [0.1, 0.15) is 11.2 Å². The van der Waals surface area contributed by atoms with E-state index in [1.54, 1.807) is 26.0 Å². The predicted octanol–water partition coefficient (Wildman–Crippen LogP) is 6.22.